The van der Waals surface area contributed by atoms with E-state index in [1.54, 1.807) is 24.5 Å². The van der Waals surface area contributed by atoms with E-state index in [-0.39, 0.29) is 23.3 Å². The van der Waals surface area contributed by atoms with Crippen LogP contribution in [0.1, 0.15) is 57.5 Å². The maximum atomic E-state index is 12.9. The number of rotatable bonds is 3. The Morgan fingerprint density at radius 3 is 2.36 bits per heavy atom. The zero-order valence-electron chi connectivity index (χ0n) is 16.6. The van der Waals surface area contributed by atoms with Crippen LogP contribution in [0.3, 0.4) is 0 Å². The van der Waals surface area contributed by atoms with Crippen molar-refractivity contribution >= 4 is 11.8 Å². The van der Waals surface area contributed by atoms with E-state index in [0.29, 0.717) is 5.56 Å². The van der Waals surface area contributed by atoms with Gasteiger partial charge in [0, 0.05) is 37.1 Å². The third-order valence-electron chi connectivity index (χ3n) is 6.20. The Balaban J connectivity index is 1.29. The molecule has 1 aromatic heterocycles. The van der Waals surface area contributed by atoms with E-state index in [2.05, 4.69) is 16.4 Å². The lowest BCUT2D eigenvalue weighted by Crippen LogP contribution is -2.55. The first-order chi connectivity index (χ1) is 13.4. The Hall–Kier alpha value is -2.69. The predicted octanol–water partition coefficient (Wildman–Crippen LogP) is 3.51. The van der Waals surface area contributed by atoms with Gasteiger partial charge in [0.2, 0.25) is 0 Å². The summed E-state index contributed by atoms with van der Waals surface area (Å²) in [6.07, 6.45) is 7.31. The van der Waals surface area contributed by atoms with Crippen LogP contribution < -0.4 is 5.32 Å². The Bertz CT molecular complexity index is 858. The number of aryl methyl sites for hydroxylation is 2. The molecule has 146 valence electrons. The van der Waals surface area contributed by atoms with Gasteiger partial charge < -0.3 is 10.2 Å². The maximum absolute atomic E-state index is 12.9. The largest absolute Gasteiger partial charge is 0.349 e. The van der Waals surface area contributed by atoms with Gasteiger partial charge in [-0.2, -0.15) is 0 Å². The molecule has 1 aliphatic carbocycles. The van der Waals surface area contributed by atoms with E-state index < -0.39 is 0 Å². The molecule has 2 aliphatic rings. The summed E-state index contributed by atoms with van der Waals surface area (Å²) in [6, 6.07) is 9.85. The molecule has 1 aromatic carbocycles. The first-order valence-corrected chi connectivity index (χ1v) is 10.0. The van der Waals surface area contributed by atoms with Crippen molar-refractivity contribution in [1.29, 1.82) is 0 Å². The predicted molar refractivity (Wildman–Crippen MR) is 108 cm³/mol. The van der Waals surface area contributed by atoms with E-state index in [1.807, 2.05) is 30.9 Å². The summed E-state index contributed by atoms with van der Waals surface area (Å²) in [6.45, 7) is 5.66. The van der Waals surface area contributed by atoms with Crippen molar-refractivity contribution in [1.82, 2.24) is 15.2 Å². The molecule has 2 heterocycles. The number of nitrogens with zero attached hydrogens (tertiary/aromatic N) is 2. The van der Waals surface area contributed by atoms with Crippen molar-refractivity contribution in [3.8, 4) is 0 Å². The normalized spacial score (nSPS) is 18.6. The highest BCUT2D eigenvalue weighted by Gasteiger charge is 2.46. The van der Waals surface area contributed by atoms with Gasteiger partial charge in [-0.1, -0.05) is 17.2 Å². The van der Waals surface area contributed by atoms with E-state index in [4.69, 9.17) is 0 Å². The van der Waals surface area contributed by atoms with Gasteiger partial charge in [0.15, 0.2) is 0 Å². The molecule has 1 spiro atoms. The lowest BCUT2D eigenvalue weighted by Gasteiger charge is -2.52. The van der Waals surface area contributed by atoms with Crippen molar-refractivity contribution < 1.29 is 9.59 Å². The van der Waals surface area contributed by atoms with Crippen LogP contribution in [-0.2, 0) is 0 Å². The molecule has 1 N–H and O–H groups in total. The van der Waals surface area contributed by atoms with E-state index in [1.165, 1.54) is 0 Å². The fourth-order valence-electron chi connectivity index (χ4n) is 4.73. The molecule has 2 fully saturated rings. The summed E-state index contributed by atoms with van der Waals surface area (Å²) >= 11 is 0. The quantitative estimate of drug-likeness (QED) is 0.890. The number of benzene rings is 1. The van der Waals surface area contributed by atoms with Gasteiger partial charge in [0.25, 0.3) is 11.8 Å². The number of pyridine rings is 1. The minimum Gasteiger partial charge on any atom is -0.349 e. The average Bonchev–Trinajstić information content (AvgIpc) is 2.66. The smallest absolute Gasteiger partial charge is 0.253 e. The molecule has 1 aliphatic heterocycles. The molecule has 1 saturated heterocycles. The average molecular weight is 377 g/mol. The van der Waals surface area contributed by atoms with Crippen LogP contribution in [0.4, 0.5) is 0 Å². The van der Waals surface area contributed by atoms with Gasteiger partial charge in [0.05, 0.1) is 5.56 Å². The molecular weight excluding hydrogens is 350 g/mol. The van der Waals surface area contributed by atoms with Gasteiger partial charge in [-0.3, -0.25) is 14.6 Å². The first-order valence-electron chi connectivity index (χ1n) is 10.0. The maximum Gasteiger partial charge on any atom is 0.253 e. The monoisotopic (exact) mass is 377 g/mol. The van der Waals surface area contributed by atoms with Gasteiger partial charge in [-0.25, -0.2) is 0 Å². The van der Waals surface area contributed by atoms with Crippen LogP contribution in [0.15, 0.2) is 42.7 Å². The molecule has 0 radical (unpaired) electrons. The number of piperidine rings is 1. The molecule has 4 rings (SSSR count). The minimum absolute atomic E-state index is 0.0459. The zero-order valence-corrected chi connectivity index (χ0v) is 16.6. The third-order valence-corrected chi connectivity index (χ3v) is 6.20. The second-order valence-corrected chi connectivity index (χ2v) is 8.49. The number of carbonyl (C=O) groups is 2. The van der Waals surface area contributed by atoms with Crippen molar-refractivity contribution in [3.05, 3.63) is 65.0 Å². The van der Waals surface area contributed by atoms with Gasteiger partial charge in [0.1, 0.15) is 0 Å². The summed E-state index contributed by atoms with van der Waals surface area (Å²) in [4.78, 5) is 31.1. The molecule has 5 nitrogen and oxygen atoms in total. The van der Waals surface area contributed by atoms with Gasteiger partial charge >= 0.3 is 0 Å². The molecule has 0 unspecified atom stereocenters. The zero-order chi connectivity index (χ0) is 19.7. The Morgan fingerprint density at radius 1 is 1.07 bits per heavy atom. The molecule has 2 aromatic rings. The van der Waals surface area contributed by atoms with Crippen LogP contribution in [0.25, 0.3) is 0 Å². The van der Waals surface area contributed by atoms with Gasteiger partial charge in [-0.15, -0.1) is 0 Å². The Kier molecular flexibility index (Phi) is 4.92. The van der Waals surface area contributed by atoms with Crippen molar-refractivity contribution in [2.45, 2.75) is 45.6 Å². The number of amides is 2. The van der Waals surface area contributed by atoms with Crippen LogP contribution in [0, 0.1) is 19.3 Å². The fraction of sp³-hybridized carbons (Fsp3) is 0.435. The van der Waals surface area contributed by atoms with E-state index in [0.717, 1.165) is 55.5 Å². The van der Waals surface area contributed by atoms with E-state index >= 15 is 0 Å². The lowest BCUT2D eigenvalue weighted by atomic mass is 9.60. The van der Waals surface area contributed by atoms with Gasteiger partial charge in [-0.05, 0) is 69.2 Å². The number of aromatic nitrogens is 1. The summed E-state index contributed by atoms with van der Waals surface area (Å²) < 4.78 is 0. The number of likely N-dealkylation sites (tertiary alicyclic amines) is 1. The third kappa shape index (κ3) is 3.79. The standard InChI is InChI=1S/C23H27N3O2/c1-16-10-17(2)12-19(11-16)22(28)26-8-5-23(6-9-26)13-20(14-23)25-21(27)18-4-3-7-24-15-18/h3-4,7,10-12,15,20H,5-6,8-9,13-14H2,1-2H3,(H,25,27). The number of carbonyl (C=O) groups excluding carboxylic acids is 2. The Morgan fingerprint density at radius 2 is 1.75 bits per heavy atom. The van der Waals surface area contributed by atoms with Crippen molar-refractivity contribution in [2.75, 3.05) is 13.1 Å². The molecule has 5 heteroatoms. The molecule has 0 atom stereocenters. The summed E-state index contributed by atoms with van der Waals surface area (Å²) in [5.41, 5.74) is 3.94. The topological polar surface area (TPSA) is 62.3 Å². The summed E-state index contributed by atoms with van der Waals surface area (Å²) in [7, 11) is 0. The fourth-order valence-corrected chi connectivity index (χ4v) is 4.73. The molecular formula is C23H27N3O2. The van der Waals surface area contributed by atoms with Crippen LogP contribution in [0.2, 0.25) is 0 Å². The Labute approximate surface area is 166 Å². The summed E-state index contributed by atoms with van der Waals surface area (Å²) in [5.74, 6) is 0.0952. The highest BCUT2D eigenvalue weighted by molar-refractivity contribution is 5.95. The second kappa shape index (κ2) is 7.38. The highest BCUT2D eigenvalue weighted by atomic mass is 16.2. The molecule has 1 saturated carbocycles. The minimum atomic E-state index is -0.0459. The number of hydrogen-bond acceptors (Lipinski definition) is 3. The van der Waals surface area contributed by atoms with Crippen molar-refractivity contribution in [3.63, 3.8) is 0 Å². The molecule has 2 amide bonds. The lowest BCUT2D eigenvalue weighted by molar-refractivity contribution is 0.00862. The molecule has 28 heavy (non-hydrogen) atoms. The molecule has 0 bridgehead atoms. The van der Waals surface area contributed by atoms with Crippen LogP contribution in [-0.4, -0.2) is 40.8 Å². The highest BCUT2D eigenvalue weighted by Crippen LogP contribution is 2.49. The van der Waals surface area contributed by atoms with E-state index in [9.17, 15) is 9.59 Å². The van der Waals surface area contributed by atoms with Crippen LogP contribution in [0.5, 0.6) is 0 Å². The second-order valence-electron chi connectivity index (χ2n) is 8.49. The number of nitrogens with one attached hydrogen (secondary N) is 1. The first kappa shape index (κ1) is 18.7. The SMILES string of the molecule is Cc1cc(C)cc(C(=O)N2CCC3(CC2)CC(NC(=O)c2cccnc2)C3)c1. The summed E-state index contributed by atoms with van der Waals surface area (Å²) in [5, 5.41) is 3.12. The number of hydrogen-bond donors (Lipinski definition) is 1. The van der Waals surface area contributed by atoms with Crippen molar-refractivity contribution in [2.24, 2.45) is 5.41 Å². The van der Waals surface area contributed by atoms with Crippen LogP contribution >= 0.6 is 0 Å².